The molecule has 0 spiro atoms. The Hall–Kier alpha value is -1.31. The van der Waals surface area contributed by atoms with Crippen molar-refractivity contribution in [2.45, 2.75) is 29.0 Å². The average Bonchev–Trinajstić information content (AvgIpc) is 3.23. The standard InChI is InChI=1S/C23H19Cl5F2N2O2/c24-14-3-13(4-15(25)5-14)19-21(11-33,23(19,27)28)10-32-16-1-2-18(26)17(6-16)20(34)31-9-12-7-22(29,30)8-12/h1-6,11-12,19,32H,7-10H2,(H,31,34). The monoisotopic (exact) mass is 568 g/mol. The van der Waals surface area contributed by atoms with Gasteiger partial charge in [-0.1, -0.05) is 58.0 Å². The van der Waals surface area contributed by atoms with Gasteiger partial charge in [-0.25, -0.2) is 8.78 Å². The van der Waals surface area contributed by atoms with Crippen LogP contribution in [0.2, 0.25) is 15.1 Å². The molecular weight excluding hydrogens is 552 g/mol. The topological polar surface area (TPSA) is 58.2 Å². The summed E-state index contributed by atoms with van der Waals surface area (Å²) in [5.41, 5.74) is 0.149. The number of rotatable bonds is 8. The van der Waals surface area contributed by atoms with Crippen molar-refractivity contribution in [1.29, 1.82) is 0 Å². The Kier molecular flexibility index (Phi) is 7.04. The highest BCUT2D eigenvalue weighted by Crippen LogP contribution is 2.73. The van der Waals surface area contributed by atoms with Crippen LogP contribution in [0.4, 0.5) is 14.5 Å². The van der Waals surface area contributed by atoms with E-state index in [4.69, 9.17) is 58.0 Å². The molecule has 0 heterocycles. The van der Waals surface area contributed by atoms with Crippen molar-refractivity contribution in [3.63, 3.8) is 0 Å². The smallest absolute Gasteiger partial charge is 0.252 e. The Morgan fingerprint density at radius 2 is 1.71 bits per heavy atom. The molecule has 0 radical (unpaired) electrons. The number of hydrogen-bond donors (Lipinski definition) is 2. The predicted molar refractivity (Wildman–Crippen MR) is 132 cm³/mol. The fraction of sp³-hybridized carbons (Fsp3) is 0.391. The van der Waals surface area contributed by atoms with E-state index >= 15 is 0 Å². The van der Waals surface area contributed by atoms with Gasteiger partial charge in [0.2, 0.25) is 5.92 Å². The number of hydrogen-bond acceptors (Lipinski definition) is 3. The second-order valence-electron chi connectivity index (χ2n) is 8.81. The summed E-state index contributed by atoms with van der Waals surface area (Å²) in [4.78, 5) is 24.7. The first kappa shape index (κ1) is 25.8. The largest absolute Gasteiger partial charge is 0.384 e. The minimum Gasteiger partial charge on any atom is -0.384 e. The van der Waals surface area contributed by atoms with E-state index in [1.807, 2.05) is 0 Å². The fourth-order valence-corrected chi connectivity index (χ4v) is 6.17. The molecule has 2 N–H and O–H groups in total. The van der Waals surface area contributed by atoms with Gasteiger partial charge >= 0.3 is 0 Å². The van der Waals surface area contributed by atoms with Crippen LogP contribution in [-0.2, 0) is 4.79 Å². The first-order valence-corrected chi connectivity index (χ1v) is 12.3. The highest BCUT2D eigenvalue weighted by atomic mass is 35.5. The summed E-state index contributed by atoms with van der Waals surface area (Å²) >= 11 is 31.4. The molecule has 2 aromatic carbocycles. The highest BCUT2D eigenvalue weighted by molar-refractivity contribution is 6.54. The van der Waals surface area contributed by atoms with Crippen LogP contribution in [0.3, 0.4) is 0 Å². The van der Waals surface area contributed by atoms with Crippen LogP contribution in [0.5, 0.6) is 0 Å². The molecule has 2 aliphatic carbocycles. The Morgan fingerprint density at radius 3 is 2.29 bits per heavy atom. The molecule has 2 aliphatic rings. The van der Waals surface area contributed by atoms with E-state index in [1.54, 1.807) is 24.3 Å². The first-order valence-electron chi connectivity index (χ1n) is 10.4. The van der Waals surface area contributed by atoms with Gasteiger partial charge in [-0.15, -0.1) is 0 Å². The number of amides is 1. The van der Waals surface area contributed by atoms with Crippen LogP contribution in [0.1, 0.15) is 34.7 Å². The van der Waals surface area contributed by atoms with E-state index in [0.717, 1.165) is 0 Å². The molecule has 182 valence electrons. The molecule has 1 amide bonds. The van der Waals surface area contributed by atoms with E-state index < -0.39 is 27.5 Å². The zero-order valence-corrected chi connectivity index (χ0v) is 21.3. The van der Waals surface area contributed by atoms with Crippen LogP contribution < -0.4 is 10.6 Å². The lowest BCUT2D eigenvalue weighted by molar-refractivity contribution is -0.112. The van der Waals surface area contributed by atoms with Gasteiger partial charge in [0.1, 0.15) is 10.6 Å². The molecule has 0 aliphatic heterocycles. The van der Waals surface area contributed by atoms with Crippen molar-refractivity contribution in [3.8, 4) is 0 Å². The molecule has 0 bridgehead atoms. The van der Waals surface area contributed by atoms with Crippen LogP contribution >= 0.6 is 58.0 Å². The molecule has 34 heavy (non-hydrogen) atoms. The second-order valence-corrected chi connectivity index (χ2v) is 11.5. The average molecular weight is 571 g/mol. The third kappa shape index (κ3) is 4.85. The number of nitrogens with one attached hydrogen (secondary N) is 2. The van der Waals surface area contributed by atoms with Gasteiger partial charge in [0.25, 0.3) is 5.91 Å². The second kappa shape index (κ2) is 9.29. The van der Waals surface area contributed by atoms with Crippen LogP contribution in [0.15, 0.2) is 36.4 Å². The van der Waals surface area contributed by atoms with E-state index in [1.165, 1.54) is 12.1 Å². The predicted octanol–water partition coefficient (Wildman–Crippen LogP) is 6.99. The maximum atomic E-state index is 13.0. The summed E-state index contributed by atoms with van der Waals surface area (Å²) in [6.45, 7) is 0.208. The number of carbonyl (C=O) groups is 2. The van der Waals surface area contributed by atoms with Crippen molar-refractivity contribution < 1.29 is 18.4 Å². The van der Waals surface area contributed by atoms with Gasteiger partial charge in [-0.05, 0) is 47.9 Å². The highest BCUT2D eigenvalue weighted by Gasteiger charge is 2.76. The molecule has 11 heteroatoms. The number of halogens is 7. The van der Waals surface area contributed by atoms with Crippen molar-refractivity contribution in [2.24, 2.45) is 11.3 Å². The number of carbonyl (C=O) groups excluding carboxylic acids is 2. The lowest BCUT2D eigenvalue weighted by atomic mass is 9.81. The summed E-state index contributed by atoms with van der Waals surface area (Å²) in [5.74, 6) is -3.95. The summed E-state index contributed by atoms with van der Waals surface area (Å²) < 4.78 is 24.6. The van der Waals surface area contributed by atoms with Gasteiger partial charge in [-0.3, -0.25) is 4.79 Å². The normalized spacial score (nSPS) is 24.7. The molecule has 4 rings (SSSR count). The zero-order chi connectivity index (χ0) is 24.9. The van der Waals surface area contributed by atoms with Gasteiger partial charge in [0.15, 0.2) is 0 Å². The number of aldehydes is 1. The Bertz CT molecular complexity index is 1120. The summed E-state index contributed by atoms with van der Waals surface area (Å²) in [6.07, 6.45) is 0.222. The minimum atomic E-state index is -2.65. The Morgan fingerprint density at radius 1 is 1.06 bits per heavy atom. The number of alkyl halides is 4. The van der Waals surface area contributed by atoms with Crippen molar-refractivity contribution in [2.75, 3.05) is 18.4 Å². The lowest BCUT2D eigenvalue weighted by Crippen LogP contribution is -2.42. The van der Waals surface area contributed by atoms with E-state index in [-0.39, 0.29) is 42.4 Å². The molecule has 2 atom stereocenters. The van der Waals surface area contributed by atoms with Crippen molar-refractivity contribution in [1.82, 2.24) is 5.32 Å². The van der Waals surface area contributed by atoms with E-state index in [9.17, 15) is 18.4 Å². The fourth-order valence-electron chi connectivity index (χ4n) is 4.45. The molecule has 4 nitrogen and oxygen atoms in total. The van der Waals surface area contributed by atoms with Crippen LogP contribution in [0.25, 0.3) is 0 Å². The number of benzene rings is 2. The van der Waals surface area contributed by atoms with Crippen molar-refractivity contribution >= 4 is 75.9 Å². The van der Waals surface area contributed by atoms with E-state index in [0.29, 0.717) is 27.6 Å². The summed E-state index contributed by atoms with van der Waals surface area (Å²) in [5, 5.41) is 6.74. The Balaban J connectivity index is 1.45. The summed E-state index contributed by atoms with van der Waals surface area (Å²) in [6, 6.07) is 9.57. The molecule has 2 aromatic rings. The molecule has 0 saturated heterocycles. The molecular formula is C23H19Cl5F2N2O2. The van der Waals surface area contributed by atoms with Crippen LogP contribution in [-0.4, -0.2) is 35.5 Å². The molecule has 2 unspecified atom stereocenters. The SMILES string of the molecule is O=CC1(CNc2ccc(Cl)c(C(=O)NCC3CC(F)(F)C3)c2)C(c2cc(Cl)cc(Cl)c2)C1(Cl)Cl. The minimum absolute atomic E-state index is 0.0676. The quantitative estimate of drug-likeness (QED) is 0.266. The van der Waals surface area contributed by atoms with Gasteiger partial charge in [0, 0.05) is 47.6 Å². The van der Waals surface area contributed by atoms with Crippen LogP contribution in [0, 0.1) is 11.3 Å². The molecule has 0 aromatic heterocycles. The number of anilines is 1. The third-order valence-corrected chi connectivity index (χ3v) is 8.27. The zero-order valence-electron chi connectivity index (χ0n) is 17.5. The van der Waals surface area contributed by atoms with Gasteiger partial charge in [-0.2, -0.15) is 0 Å². The van der Waals surface area contributed by atoms with Gasteiger partial charge < -0.3 is 15.4 Å². The summed E-state index contributed by atoms with van der Waals surface area (Å²) in [7, 11) is 0. The maximum absolute atomic E-state index is 13.0. The first-order chi connectivity index (χ1) is 15.9. The lowest BCUT2D eigenvalue weighted by Gasteiger charge is -2.34. The van der Waals surface area contributed by atoms with Gasteiger partial charge in [0.05, 0.1) is 16.0 Å². The maximum Gasteiger partial charge on any atom is 0.252 e. The molecule has 2 saturated carbocycles. The molecule has 2 fully saturated rings. The van der Waals surface area contributed by atoms with E-state index in [2.05, 4.69) is 10.6 Å². The Labute approximate surface area is 220 Å². The third-order valence-electron chi connectivity index (χ3n) is 6.37. The van der Waals surface area contributed by atoms with Crippen molar-refractivity contribution in [3.05, 3.63) is 62.6 Å².